The molecule has 1 aromatic rings. The van der Waals surface area contributed by atoms with Gasteiger partial charge in [0, 0.05) is 19.7 Å². The first-order valence-electron chi connectivity index (χ1n) is 7.40. The van der Waals surface area contributed by atoms with Crippen LogP contribution in [0.25, 0.3) is 0 Å². The first-order valence-corrected chi connectivity index (χ1v) is 7.40. The number of hydrogen-bond acceptors (Lipinski definition) is 4. The van der Waals surface area contributed by atoms with Gasteiger partial charge in [-0.05, 0) is 43.9 Å². The Bertz CT molecular complexity index is 465. The van der Waals surface area contributed by atoms with Crippen molar-refractivity contribution in [1.29, 1.82) is 0 Å². The standard InChI is InChI=1S/C16H23NO3/c1-12(17-11-16(18-2)6-3-7-16)13-4-5-14-15(10-13)20-9-8-19-14/h4-5,10,12,17H,3,6-9,11H2,1-2H3. The summed E-state index contributed by atoms with van der Waals surface area (Å²) in [5.41, 5.74) is 1.28. The van der Waals surface area contributed by atoms with Crippen molar-refractivity contribution < 1.29 is 14.2 Å². The minimum atomic E-state index is 0.0576. The van der Waals surface area contributed by atoms with Gasteiger partial charge in [0.05, 0.1) is 5.60 Å². The first-order chi connectivity index (χ1) is 9.72. The fourth-order valence-corrected chi connectivity index (χ4v) is 2.81. The molecule has 110 valence electrons. The Balaban J connectivity index is 1.63. The molecule has 0 bridgehead atoms. The minimum Gasteiger partial charge on any atom is -0.486 e. The van der Waals surface area contributed by atoms with Crippen LogP contribution in [0.4, 0.5) is 0 Å². The zero-order chi connectivity index (χ0) is 14.0. The highest BCUT2D eigenvalue weighted by Crippen LogP contribution is 2.36. The number of rotatable bonds is 5. The van der Waals surface area contributed by atoms with Crippen molar-refractivity contribution in [2.45, 2.75) is 37.8 Å². The summed E-state index contributed by atoms with van der Waals surface area (Å²) in [4.78, 5) is 0. The number of benzene rings is 1. The van der Waals surface area contributed by atoms with Crippen LogP contribution in [0.3, 0.4) is 0 Å². The highest BCUT2D eigenvalue weighted by Gasteiger charge is 2.36. The highest BCUT2D eigenvalue weighted by atomic mass is 16.6. The van der Waals surface area contributed by atoms with E-state index in [1.165, 1.54) is 12.0 Å². The molecule has 1 saturated carbocycles. The lowest BCUT2D eigenvalue weighted by molar-refractivity contribution is -0.0706. The molecule has 1 aromatic carbocycles. The van der Waals surface area contributed by atoms with Crippen molar-refractivity contribution in [3.8, 4) is 11.5 Å². The summed E-state index contributed by atoms with van der Waals surface area (Å²) in [7, 11) is 1.82. The molecule has 1 N–H and O–H groups in total. The van der Waals surface area contributed by atoms with Gasteiger partial charge in [-0.15, -0.1) is 0 Å². The summed E-state index contributed by atoms with van der Waals surface area (Å²) in [5.74, 6) is 1.70. The molecule has 0 aromatic heterocycles. The van der Waals surface area contributed by atoms with E-state index in [1.807, 2.05) is 13.2 Å². The average Bonchev–Trinajstić information content (AvgIpc) is 2.46. The maximum absolute atomic E-state index is 5.64. The zero-order valence-corrected chi connectivity index (χ0v) is 12.3. The minimum absolute atomic E-state index is 0.0576. The van der Waals surface area contributed by atoms with Gasteiger partial charge in [0.25, 0.3) is 0 Å². The van der Waals surface area contributed by atoms with E-state index in [0.717, 1.165) is 30.9 Å². The summed E-state index contributed by atoms with van der Waals surface area (Å²) < 4.78 is 16.8. The molecule has 0 saturated heterocycles. The van der Waals surface area contributed by atoms with Crippen molar-refractivity contribution in [3.05, 3.63) is 23.8 Å². The molecule has 2 aliphatic rings. The molecule has 1 unspecified atom stereocenters. The van der Waals surface area contributed by atoms with Gasteiger partial charge < -0.3 is 19.5 Å². The summed E-state index contributed by atoms with van der Waals surface area (Å²) in [5, 5.41) is 3.58. The maximum atomic E-state index is 5.64. The molecule has 1 aliphatic carbocycles. The number of nitrogens with one attached hydrogen (secondary N) is 1. The van der Waals surface area contributed by atoms with Crippen molar-refractivity contribution >= 4 is 0 Å². The van der Waals surface area contributed by atoms with Crippen molar-refractivity contribution in [2.24, 2.45) is 0 Å². The third-order valence-electron chi connectivity index (χ3n) is 4.49. The third kappa shape index (κ3) is 2.63. The van der Waals surface area contributed by atoms with Crippen molar-refractivity contribution in [3.63, 3.8) is 0 Å². The topological polar surface area (TPSA) is 39.7 Å². The molecule has 0 spiro atoms. The molecule has 4 heteroatoms. The molecule has 4 nitrogen and oxygen atoms in total. The molecule has 1 fully saturated rings. The van der Waals surface area contributed by atoms with E-state index in [-0.39, 0.29) is 11.6 Å². The molecule has 1 aliphatic heterocycles. The number of hydrogen-bond donors (Lipinski definition) is 1. The van der Waals surface area contributed by atoms with Gasteiger partial charge in [-0.3, -0.25) is 0 Å². The van der Waals surface area contributed by atoms with Crippen LogP contribution in [-0.4, -0.2) is 32.5 Å². The average molecular weight is 277 g/mol. The summed E-state index contributed by atoms with van der Waals surface area (Å²) >= 11 is 0. The van der Waals surface area contributed by atoms with Crippen LogP contribution < -0.4 is 14.8 Å². The second kappa shape index (κ2) is 5.62. The monoisotopic (exact) mass is 277 g/mol. The van der Waals surface area contributed by atoms with E-state index in [4.69, 9.17) is 14.2 Å². The second-order valence-electron chi connectivity index (χ2n) is 5.75. The fourth-order valence-electron chi connectivity index (χ4n) is 2.81. The predicted octanol–water partition coefficient (Wildman–Crippen LogP) is 2.68. The lowest BCUT2D eigenvalue weighted by Crippen LogP contribution is -2.48. The zero-order valence-electron chi connectivity index (χ0n) is 12.3. The number of fused-ring (bicyclic) bond motifs is 1. The Morgan fingerprint density at radius 2 is 2.00 bits per heavy atom. The molecule has 1 atom stereocenters. The largest absolute Gasteiger partial charge is 0.486 e. The normalized spacial score (nSPS) is 21.1. The lowest BCUT2D eigenvalue weighted by Gasteiger charge is -2.41. The Morgan fingerprint density at radius 1 is 1.25 bits per heavy atom. The molecule has 0 amide bonds. The van der Waals surface area contributed by atoms with Gasteiger partial charge in [0.1, 0.15) is 13.2 Å². The molecular weight excluding hydrogens is 254 g/mol. The number of methoxy groups -OCH3 is 1. The molecule has 1 heterocycles. The molecule has 0 radical (unpaired) electrons. The van der Waals surface area contributed by atoms with E-state index in [2.05, 4.69) is 24.4 Å². The van der Waals surface area contributed by atoms with E-state index < -0.39 is 0 Å². The quantitative estimate of drug-likeness (QED) is 0.898. The van der Waals surface area contributed by atoms with E-state index in [9.17, 15) is 0 Å². The van der Waals surface area contributed by atoms with Gasteiger partial charge in [-0.25, -0.2) is 0 Å². The molecule has 20 heavy (non-hydrogen) atoms. The van der Waals surface area contributed by atoms with Gasteiger partial charge in [0.2, 0.25) is 0 Å². The van der Waals surface area contributed by atoms with E-state index in [0.29, 0.717) is 13.2 Å². The number of ether oxygens (including phenoxy) is 3. The van der Waals surface area contributed by atoms with E-state index in [1.54, 1.807) is 0 Å². The molecular formula is C16H23NO3. The van der Waals surface area contributed by atoms with Crippen LogP contribution in [0.2, 0.25) is 0 Å². The lowest BCUT2D eigenvalue weighted by atomic mass is 9.80. The van der Waals surface area contributed by atoms with Crippen LogP contribution >= 0.6 is 0 Å². The van der Waals surface area contributed by atoms with Gasteiger partial charge in [-0.1, -0.05) is 6.07 Å². The fraction of sp³-hybridized carbons (Fsp3) is 0.625. The van der Waals surface area contributed by atoms with E-state index >= 15 is 0 Å². The van der Waals surface area contributed by atoms with Crippen molar-refractivity contribution in [2.75, 3.05) is 26.9 Å². The van der Waals surface area contributed by atoms with Crippen LogP contribution in [-0.2, 0) is 4.74 Å². The second-order valence-corrected chi connectivity index (χ2v) is 5.75. The Hall–Kier alpha value is -1.26. The van der Waals surface area contributed by atoms with Crippen LogP contribution in [0.15, 0.2) is 18.2 Å². The maximum Gasteiger partial charge on any atom is 0.161 e. The van der Waals surface area contributed by atoms with Crippen LogP contribution in [0, 0.1) is 0 Å². The molecule has 3 rings (SSSR count). The first kappa shape index (κ1) is 13.7. The summed E-state index contributed by atoms with van der Waals surface area (Å²) in [6.45, 7) is 4.34. The smallest absolute Gasteiger partial charge is 0.161 e. The Labute approximate surface area is 120 Å². The van der Waals surface area contributed by atoms with Gasteiger partial charge >= 0.3 is 0 Å². The van der Waals surface area contributed by atoms with Gasteiger partial charge in [0.15, 0.2) is 11.5 Å². The van der Waals surface area contributed by atoms with Gasteiger partial charge in [-0.2, -0.15) is 0 Å². The third-order valence-corrected chi connectivity index (χ3v) is 4.49. The summed E-state index contributed by atoms with van der Waals surface area (Å²) in [6, 6.07) is 6.45. The van der Waals surface area contributed by atoms with Crippen LogP contribution in [0.5, 0.6) is 11.5 Å². The highest BCUT2D eigenvalue weighted by molar-refractivity contribution is 5.44. The predicted molar refractivity (Wildman–Crippen MR) is 77.4 cm³/mol. The Kier molecular flexibility index (Phi) is 3.85. The SMILES string of the molecule is COC1(CNC(C)c2ccc3c(c2)OCCO3)CCC1. The van der Waals surface area contributed by atoms with Crippen molar-refractivity contribution in [1.82, 2.24) is 5.32 Å². The van der Waals surface area contributed by atoms with Crippen LogP contribution in [0.1, 0.15) is 37.8 Å². The Morgan fingerprint density at radius 3 is 2.65 bits per heavy atom. The summed E-state index contributed by atoms with van der Waals surface area (Å²) in [6.07, 6.45) is 3.59.